The molecule has 32 heavy (non-hydrogen) atoms. The van der Waals surface area contributed by atoms with Gasteiger partial charge >= 0.3 is 0 Å². The smallest absolute Gasteiger partial charge is 0.294 e. The van der Waals surface area contributed by atoms with Crippen LogP contribution in [0.2, 0.25) is 0 Å². The summed E-state index contributed by atoms with van der Waals surface area (Å²) in [4.78, 5) is 16.8. The lowest BCUT2D eigenvalue weighted by Crippen LogP contribution is -2.26. The van der Waals surface area contributed by atoms with Crippen LogP contribution in [0.25, 0.3) is 11.3 Å². The fourth-order valence-electron chi connectivity index (χ4n) is 4.45. The summed E-state index contributed by atoms with van der Waals surface area (Å²) >= 11 is 1.53. The van der Waals surface area contributed by atoms with Crippen LogP contribution in [0.3, 0.4) is 0 Å². The van der Waals surface area contributed by atoms with E-state index in [1.54, 1.807) is 18.2 Å². The molecule has 160 valence electrons. The third-order valence-corrected chi connectivity index (χ3v) is 6.87. The standard InChI is InChI=1S/C26H23N3O2S/c1-18-13-15-20(16-14-18)25-17-32-26(27-22-10-4-5-11-24(22)29(30)31)28(25)23-12-6-8-19-7-2-3-9-21(19)23/h2-5,7,9-11,13-17,23H,6,8,12H2,1H3. The molecule has 1 aliphatic carbocycles. The second-order valence-electron chi connectivity index (χ2n) is 8.10. The maximum Gasteiger partial charge on any atom is 0.294 e. The number of nitro groups is 1. The minimum absolute atomic E-state index is 0.0216. The molecule has 0 radical (unpaired) electrons. The number of hydrogen-bond acceptors (Lipinski definition) is 4. The first kappa shape index (κ1) is 20.4. The molecular formula is C26H23N3O2S. The zero-order valence-electron chi connectivity index (χ0n) is 17.8. The second-order valence-corrected chi connectivity index (χ2v) is 8.94. The Hall–Kier alpha value is -3.51. The highest BCUT2D eigenvalue weighted by atomic mass is 32.1. The molecular weight excluding hydrogens is 418 g/mol. The van der Waals surface area contributed by atoms with Crippen molar-refractivity contribution in [1.29, 1.82) is 0 Å². The van der Waals surface area contributed by atoms with Crippen molar-refractivity contribution in [2.45, 2.75) is 32.2 Å². The number of para-hydroxylation sites is 2. The highest BCUT2D eigenvalue weighted by molar-refractivity contribution is 7.07. The first-order valence-corrected chi connectivity index (χ1v) is 11.6. The van der Waals surface area contributed by atoms with Gasteiger partial charge in [-0.1, -0.05) is 66.2 Å². The summed E-state index contributed by atoms with van der Waals surface area (Å²) in [6.45, 7) is 2.08. The van der Waals surface area contributed by atoms with Gasteiger partial charge in [0.2, 0.25) is 0 Å². The Morgan fingerprint density at radius 3 is 2.59 bits per heavy atom. The average molecular weight is 442 g/mol. The summed E-state index contributed by atoms with van der Waals surface area (Å²) in [6.07, 6.45) is 3.19. The number of nitrogens with zero attached hydrogens (tertiary/aromatic N) is 3. The van der Waals surface area contributed by atoms with Crippen molar-refractivity contribution in [2.75, 3.05) is 0 Å². The number of fused-ring (bicyclic) bond motifs is 1. The molecule has 0 fully saturated rings. The van der Waals surface area contributed by atoms with E-state index in [4.69, 9.17) is 4.99 Å². The molecule has 0 saturated carbocycles. The Kier molecular flexibility index (Phi) is 5.45. The van der Waals surface area contributed by atoms with Crippen molar-refractivity contribution in [2.24, 2.45) is 4.99 Å². The van der Waals surface area contributed by atoms with Crippen LogP contribution >= 0.6 is 11.3 Å². The van der Waals surface area contributed by atoms with Gasteiger partial charge < -0.3 is 4.57 Å². The molecule has 1 unspecified atom stereocenters. The molecule has 5 nitrogen and oxygen atoms in total. The minimum Gasteiger partial charge on any atom is -0.309 e. The lowest BCUT2D eigenvalue weighted by atomic mass is 9.87. The van der Waals surface area contributed by atoms with Gasteiger partial charge in [-0.25, -0.2) is 4.99 Å². The molecule has 1 aromatic heterocycles. The lowest BCUT2D eigenvalue weighted by Gasteiger charge is -2.28. The first-order chi connectivity index (χ1) is 15.6. The second kappa shape index (κ2) is 8.55. The molecule has 0 spiro atoms. The van der Waals surface area contributed by atoms with Gasteiger partial charge in [-0.2, -0.15) is 0 Å². The number of aryl methyl sites for hydroxylation is 2. The monoisotopic (exact) mass is 441 g/mol. The number of nitro benzene ring substituents is 1. The highest BCUT2D eigenvalue weighted by Crippen LogP contribution is 2.36. The number of aromatic nitrogens is 1. The zero-order valence-corrected chi connectivity index (χ0v) is 18.6. The summed E-state index contributed by atoms with van der Waals surface area (Å²) in [7, 11) is 0. The van der Waals surface area contributed by atoms with Crippen LogP contribution in [0.5, 0.6) is 0 Å². The number of rotatable bonds is 4. The van der Waals surface area contributed by atoms with Crippen molar-refractivity contribution in [3.8, 4) is 11.3 Å². The number of benzene rings is 3. The van der Waals surface area contributed by atoms with Crippen LogP contribution < -0.4 is 4.80 Å². The van der Waals surface area contributed by atoms with Crippen LogP contribution in [0.4, 0.5) is 11.4 Å². The third kappa shape index (κ3) is 3.78. The zero-order chi connectivity index (χ0) is 22.1. The van der Waals surface area contributed by atoms with Gasteiger partial charge in [0.25, 0.3) is 5.69 Å². The predicted molar refractivity (Wildman–Crippen MR) is 128 cm³/mol. The molecule has 1 heterocycles. The molecule has 0 saturated heterocycles. The van der Waals surface area contributed by atoms with Gasteiger partial charge in [0.05, 0.1) is 16.7 Å². The summed E-state index contributed by atoms with van der Waals surface area (Å²) < 4.78 is 2.28. The van der Waals surface area contributed by atoms with Crippen molar-refractivity contribution in [1.82, 2.24) is 4.57 Å². The fraction of sp³-hybridized carbons (Fsp3) is 0.192. The van der Waals surface area contributed by atoms with Crippen molar-refractivity contribution in [3.63, 3.8) is 0 Å². The Balaban J connectivity index is 1.75. The molecule has 1 atom stereocenters. The maximum atomic E-state index is 11.6. The Morgan fingerprint density at radius 2 is 1.78 bits per heavy atom. The molecule has 6 heteroatoms. The topological polar surface area (TPSA) is 60.4 Å². The van der Waals surface area contributed by atoms with E-state index < -0.39 is 0 Å². The molecule has 1 aliphatic rings. The van der Waals surface area contributed by atoms with E-state index in [1.807, 2.05) is 0 Å². The van der Waals surface area contributed by atoms with E-state index in [9.17, 15) is 10.1 Å². The highest BCUT2D eigenvalue weighted by Gasteiger charge is 2.25. The molecule has 3 aromatic carbocycles. The van der Waals surface area contributed by atoms with Crippen LogP contribution in [-0.4, -0.2) is 9.49 Å². The third-order valence-electron chi connectivity index (χ3n) is 6.03. The van der Waals surface area contributed by atoms with E-state index in [0.717, 1.165) is 35.3 Å². The largest absolute Gasteiger partial charge is 0.309 e. The van der Waals surface area contributed by atoms with Crippen LogP contribution in [-0.2, 0) is 6.42 Å². The summed E-state index contributed by atoms with van der Waals surface area (Å²) in [5, 5.41) is 13.7. The van der Waals surface area contributed by atoms with Gasteiger partial charge in [-0.15, -0.1) is 11.3 Å². The molecule has 0 N–H and O–H groups in total. The van der Waals surface area contributed by atoms with E-state index in [1.165, 1.54) is 34.1 Å². The van der Waals surface area contributed by atoms with Crippen LogP contribution in [0, 0.1) is 17.0 Å². The van der Waals surface area contributed by atoms with E-state index in [2.05, 4.69) is 65.4 Å². The normalized spacial score (nSPS) is 16.0. The molecule has 0 amide bonds. The van der Waals surface area contributed by atoms with Crippen molar-refractivity contribution < 1.29 is 4.92 Å². The number of hydrogen-bond donors (Lipinski definition) is 0. The first-order valence-electron chi connectivity index (χ1n) is 10.7. The fourth-order valence-corrected chi connectivity index (χ4v) is 5.41. The van der Waals surface area contributed by atoms with E-state index in [-0.39, 0.29) is 16.7 Å². The van der Waals surface area contributed by atoms with E-state index in [0.29, 0.717) is 5.69 Å². The average Bonchev–Trinajstić information content (AvgIpc) is 3.22. The van der Waals surface area contributed by atoms with Gasteiger partial charge in [-0.3, -0.25) is 10.1 Å². The van der Waals surface area contributed by atoms with Gasteiger partial charge in [0, 0.05) is 11.4 Å². The lowest BCUT2D eigenvalue weighted by molar-refractivity contribution is -0.384. The van der Waals surface area contributed by atoms with E-state index >= 15 is 0 Å². The molecule has 5 rings (SSSR count). The molecule has 0 aliphatic heterocycles. The Morgan fingerprint density at radius 1 is 1.03 bits per heavy atom. The minimum atomic E-state index is -0.367. The number of thiazole rings is 1. The summed E-state index contributed by atoms with van der Waals surface area (Å²) in [6, 6.07) is 23.9. The van der Waals surface area contributed by atoms with Gasteiger partial charge in [0.15, 0.2) is 4.80 Å². The summed E-state index contributed by atoms with van der Waals surface area (Å²) in [5.41, 5.74) is 6.51. The van der Waals surface area contributed by atoms with Crippen molar-refractivity contribution in [3.05, 3.63) is 110 Å². The van der Waals surface area contributed by atoms with Gasteiger partial charge in [-0.05, 0) is 48.9 Å². The predicted octanol–water partition coefficient (Wildman–Crippen LogP) is 6.59. The molecule has 0 bridgehead atoms. The van der Waals surface area contributed by atoms with Crippen LogP contribution in [0.15, 0.2) is 83.2 Å². The van der Waals surface area contributed by atoms with Gasteiger partial charge in [0.1, 0.15) is 5.69 Å². The quantitative estimate of drug-likeness (QED) is 0.265. The van der Waals surface area contributed by atoms with Crippen LogP contribution in [0.1, 0.15) is 35.6 Å². The Labute approximate surface area is 190 Å². The summed E-state index contributed by atoms with van der Waals surface area (Å²) in [5.74, 6) is 0. The SMILES string of the molecule is Cc1ccc(-c2csc(=Nc3ccccc3[N+](=O)[O-])n2C2CCCc3ccccc32)cc1. The molecule has 4 aromatic rings. The Bertz CT molecular complexity index is 1350. The van der Waals surface area contributed by atoms with Crippen molar-refractivity contribution >= 4 is 22.7 Å². The maximum absolute atomic E-state index is 11.6.